The molecule has 0 radical (unpaired) electrons. The van der Waals surface area contributed by atoms with Crippen LogP contribution < -0.4 is 5.32 Å². The predicted octanol–water partition coefficient (Wildman–Crippen LogP) is 2.80. The van der Waals surface area contributed by atoms with Crippen LogP contribution in [0.1, 0.15) is 5.56 Å². The molecule has 0 aromatic heterocycles. The van der Waals surface area contributed by atoms with Crippen LogP contribution in [0, 0.1) is 0 Å². The minimum absolute atomic E-state index is 0.102. The number of amides is 1. The number of carbonyl (C=O) groups is 1. The average Bonchev–Trinajstić information content (AvgIpc) is 2.02. The Balaban J connectivity index is 2.84. The number of anilines is 1. The molecule has 3 nitrogen and oxygen atoms in total. The van der Waals surface area contributed by atoms with E-state index in [-0.39, 0.29) is 5.69 Å². The zero-order chi connectivity index (χ0) is 10.8. The summed E-state index contributed by atoms with van der Waals surface area (Å²) in [5, 5.41) is 10.2. The third kappa shape index (κ3) is 2.65. The number of hydrogen-bond acceptors (Lipinski definition) is 1. The molecule has 0 bridgehead atoms. The molecule has 0 aliphatic carbocycles. The van der Waals surface area contributed by atoms with Crippen molar-refractivity contribution in [2.24, 2.45) is 0 Å². The Hall–Kier alpha value is -1.72. The van der Waals surface area contributed by atoms with Crippen molar-refractivity contribution in [3.8, 4) is 0 Å². The van der Waals surface area contributed by atoms with Crippen LogP contribution in [0.15, 0.2) is 24.3 Å². The molecule has 1 amide bonds. The molecule has 1 aromatic carbocycles. The number of nitrogens with one attached hydrogen (secondary N) is 1. The van der Waals surface area contributed by atoms with Crippen LogP contribution in [0.2, 0.25) is 0 Å². The first-order valence-electron chi connectivity index (χ1n) is 3.57. The molecular weight excluding hydrogens is 199 g/mol. The molecule has 0 unspecified atom stereocenters. The monoisotopic (exact) mass is 205 g/mol. The fourth-order valence-electron chi connectivity index (χ4n) is 0.866. The smallest absolute Gasteiger partial charge is 0.416 e. The van der Waals surface area contributed by atoms with Gasteiger partial charge in [-0.1, -0.05) is 0 Å². The number of benzene rings is 1. The van der Waals surface area contributed by atoms with Gasteiger partial charge in [0.05, 0.1) is 5.56 Å². The van der Waals surface area contributed by atoms with Gasteiger partial charge in [-0.15, -0.1) is 0 Å². The Morgan fingerprint density at radius 2 is 1.71 bits per heavy atom. The number of carboxylic acid groups (broad SMARTS) is 1. The van der Waals surface area contributed by atoms with E-state index in [1.807, 2.05) is 5.32 Å². The largest absolute Gasteiger partial charge is 0.465 e. The molecule has 0 fully saturated rings. The summed E-state index contributed by atoms with van der Waals surface area (Å²) in [5.41, 5.74) is -0.709. The highest BCUT2D eigenvalue weighted by Gasteiger charge is 2.29. The zero-order valence-electron chi connectivity index (χ0n) is 6.80. The number of hydrogen-bond donors (Lipinski definition) is 2. The molecule has 14 heavy (non-hydrogen) atoms. The van der Waals surface area contributed by atoms with Gasteiger partial charge >= 0.3 is 12.3 Å². The van der Waals surface area contributed by atoms with Crippen LogP contribution in [0.4, 0.5) is 23.7 Å². The summed E-state index contributed by atoms with van der Waals surface area (Å²) < 4.78 is 36.1. The molecule has 1 aromatic rings. The van der Waals surface area contributed by atoms with Gasteiger partial charge in [-0.3, -0.25) is 5.32 Å². The molecule has 1 rings (SSSR count). The standard InChI is InChI=1S/C8H6F3NO2/c9-8(10,11)5-1-3-6(4-2-5)12-7(13)14/h1-4,12H,(H,13,14). The van der Waals surface area contributed by atoms with E-state index in [4.69, 9.17) is 5.11 Å². The number of halogens is 3. The predicted molar refractivity (Wildman–Crippen MR) is 43.1 cm³/mol. The van der Waals surface area contributed by atoms with Crippen molar-refractivity contribution in [1.29, 1.82) is 0 Å². The summed E-state index contributed by atoms with van der Waals surface area (Å²) in [6.07, 6.45) is -5.72. The maximum Gasteiger partial charge on any atom is 0.416 e. The van der Waals surface area contributed by atoms with Gasteiger partial charge in [-0.05, 0) is 24.3 Å². The van der Waals surface area contributed by atoms with Gasteiger partial charge in [0, 0.05) is 5.69 Å². The molecule has 0 spiro atoms. The van der Waals surface area contributed by atoms with Crippen LogP contribution >= 0.6 is 0 Å². The summed E-state index contributed by atoms with van der Waals surface area (Å²) in [6, 6.07) is 3.73. The second-order valence-corrected chi connectivity index (χ2v) is 2.51. The first-order valence-corrected chi connectivity index (χ1v) is 3.57. The van der Waals surface area contributed by atoms with E-state index >= 15 is 0 Å². The van der Waals surface area contributed by atoms with Crippen LogP contribution in [-0.2, 0) is 6.18 Å². The van der Waals surface area contributed by atoms with Crippen molar-refractivity contribution in [3.05, 3.63) is 29.8 Å². The zero-order valence-corrected chi connectivity index (χ0v) is 6.80. The molecule has 0 saturated heterocycles. The highest BCUT2D eigenvalue weighted by molar-refractivity contribution is 5.82. The quantitative estimate of drug-likeness (QED) is 0.740. The summed E-state index contributed by atoms with van der Waals surface area (Å²) in [4.78, 5) is 10.1. The molecule has 0 saturated carbocycles. The summed E-state index contributed by atoms with van der Waals surface area (Å²) >= 11 is 0. The third-order valence-corrected chi connectivity index (χ3v) is 1.46. The molecule has 2 N–H and O–H groups in total. The average molecular weight is 205 g/mol. The number of rotatable bonds is 1. The van der Waals surface area contributed by atoms with Crippen molar-refractivity contribution in [3.63, 3.8) is 0 Å². The number of alkyl halides is 3. The lowest BCUT2D eigenvalue weighted by Gasteiger charge is -2.06. The molecule has 0 atom stereocenters. The second kappa shape index (κ2) is 3.57. The molecule has 6 heteroatoms. The normalized spacial score (nSPS) is 11.1. The molecule has 0 heterocycles. The van der Waals surface area contributed by atoms with Crippen molar-refractivity contribution in [2.75, 3.05) is 5.32 Å². The summed E-state index contributed by atoms with van der Waals surface area (Å²) in [5.74, 6) is 0. The van der Waals surface area contributed by atoms with E-state index in [9.17, 15) is 18.0 Å². The van der Waals surface area contributed by atoms with Gasteiger partial charge in [-0.25, -0.2) is 4.79 Å². The molecular formula is C8H6F3NO2. The van der Waals surface area contributed by atoms with Crippen LogP contribution in [-0.4, -0.2) is 11.2 Å². The fourth-order valence-corrected chi connectivity index (χ4v) is 0.866. The highest BCUT2D eigenvalue weighted by Crippen LogP contribution is 2.29. The van der Waals surface area contributed by atoms with Gasteiger partial charge < -0.3 is 5.11 Å². The van der Waals surface area contributed by atoms with E-state index in [0.717, 1.165) is 24.3 Å². The Bertz CT molecular complexity index is 331. The summed E-state index contributed by atoms with van der Waals surface area (Å²) in [7, 11) is 0. The highest BCUT2D eigenvalue weighted by atomic mass is 19.4. The van der Waals surface area contributed by atoms with E-state index < -0.39 is 17.8 Å². The SMILES string of the molecule is O=C(O)Nc1ccc(C(F)(F)F)cc1. The van der Waals surface area contributed by atoms with Crippen LogP contribution in [0.25, 0.3) is 0 Å². The molecule has 76 valence electrons. The summed E-state index contributed by atoms with van der Waals surface area (Å²) in [6.45, 7) is 0. The van der Waals surface area contributed by atoms with Gasteiger partial charge in [0.25, 0.3) is 0 Å². The lowest BCUT2D eigenvalue weighted by molar-refractivity contribution is -0.137. The van der Waals surface area contributed by atoms with E-state index in [1.165, 1.54) is 0 Å². The van der Waals surface area contributed by atoms with Crippen LogP contribution in [0.3, 0.4) is 0 Å². The van der Waals surface area contributed by atoms with E-state index in [0.29, 0.717) is 0 Å². The first-order chi connectivity index (χ1) is 6.39. The van der Waals surface area contributed by atoms with Gasteiger partial charge in [0.2, 0.25) is 0 Å². The van der Waals surface area contributed by atoms with Crippen LogP contribution in [0.5, 0.6) is 0 Å². The van der Waals surface area contributed by atoms with E-state index in [1.54, 1.807) is 0 Å². The van der Waals surface area contributed by atoms with Gasteiger partial charge in [-0.2, -0.15) is 13.2 Å². The second-order valence-electron chi connectivity index (χ2n) is 2.51. The van der Waals surface area contributed by atoms with Gasteiger partial charge in [0.1, 0.15) is 0 Å². The molecule has 0 aliphatic rings. The van der Waals surface area contributed by atoms with E-state index in [2.05, 4.69) is 0 Å². The fraction of sp³-hybridized carbons (Fsp3) is 0.125. The maximum absolute atomic E-state index is 12.0. The van der Waals surface area contributed by atoms with Crippen molar-refractivity contribution in [2.45, 2.75) is 6.18 Å². The van der Waals surface area contributed by atoms with Crippen molar-refractivity contribution in [1.82, 2.24) is 0 Å². The topological polar surface area (TPSA) is 49.3 Å². The minimum atomic E-state index is -4.40. The van der Waals surface area contributed by atoms with Crippen molar-refractivity contribution < 1.29 is 23.1 Å². The first kappa shape index (κ1) is 10.4. The Kier molecular flexibility index (Phi) is 2.64. The lowest BCUT2D eigenvalue weighted by Crippen LogP contribution is -2.08. The Morgan fingerprint density at radius 1 is 1.21 bits per heavy atom. The Labute approximate surface area is 77.2 Å². The maximum atomic E-state index is 12.0. The lowest BCUT2D eigenvalue weighted by atomic mass is 10.2. The Morgan fingerprint density at radius 3 is 2.07 bits per heavy atom. The third-order valence-electron chi connectivity index (χ3n) is 1.46. The molecule has 0 aliphatic heterocycles. The van der Waals surface area contributed by atoms with Crippen molar-refractivity contribution >= 4 is 11.8 Å². The van der Waals surface area contributed by atoms with Gasteiger partial charge in [0.15, 0.2) is 0 Å². The minimum Gasteiger partial charge on any atom is -0.465 e.